The van der Waals surface area contributed by atoms with Gasteiger partial charge in [-0.05, 0) is 56.2 Å². The lowest BCUT2D eigenvalue weighted by Gasteiger charge is -2.32. The van der Waals surface area contributed by atoms with Crippen molar-refractivity contribution in [1.29, 1.82) is 0 Å². The van der Waals surface area contributed by atoms with Gasteiger partial charge in [-0.1, -0.05) is 30.7 Å². The molecule has 3 rings (SSSR count). The monoisotopic (exact) mass is 258 g/mol. The number of fused-ring (bicyclic) bond motifs is 1. The van der Waals surface area contributed by atoms with Crippen LogP contribution in [0.4, 0.5) is 0 Å². The summed E-state index contributed by atoms with van der Waals surface area (Å²) in [6, 6.07) is 10.4. The van der Waals surface area contributed by atoms with Crippen molar-refractivity contribution < 1.29 is 0 Å². The zero-order chi connectivity index (χ0) is 13.2. The minimum Gasteiger partial charge on any atom is -0.330 e. The molecule has 0 saturated carbocycles. The molecule has 104 valence electrons. The molecule has 3 unspecified atom stereocenters. The van der Waals surface area contributed by atoms with E-state index in [1.54, 1.807) is 11.1 Å². The first-order valence-corrected chi connectivity index (χ1v) is 7.83. The van der Waals surface area contributed by atoms with Crippen LogP contribution in [-0.2, 0) is 6.42 Å². The van der Waals surface area contributed by atoms with Gasteiger partial charge >= 0.3 is 0 Å². The Morgan fingerprint density at radius 2 is 2.11 bits per heavy atom. The van der Waals surface area contributed by atoms with E-state index in [2.05, 4.69) is 36.1 Å². The Morgan fingerprint density at radius 1 is 1.26 bits per heavy atom. The normalized spacial score (nSPS) is 32.0. The van der Waals surface area contributed by atoms with Crippen LogP contribution >= 0.6 is 0 Å². The van der Waals surface area contributed by atoms with Crippen LogP contribution in [0.15, 0.2) is 24.3 Å². The summed E-state index contributed by atoms with van der Waals surface area (Å²) in [5.41, 5.74) is 9.05. The van der Waals surface area contributed by atoms with Gasteiger partial charge in [0.2, 0.25) is 0 Å². The van der Waals surface area contributed by atoms with Crippen LogP contribution in [0.25, 0.3) is 0 Å². The highest BCUT2D eigenvalue weighted by Gasteiger charge is 2.34. The van der Waals surface area contributed by atoms with E-state index in [4.69, 9.17) is 5.73 Å². The molecule has 0 radical (unpaired) electrons. The molecule has 1 saturated heterocycles. The van der Waals surface area contributed by atoms with Crippen molar-refractivity contribution in [3.63, 3.8) is 0 Å². The summed E-state index contributed by atoms with van der Waals surface area (Å²) < 4.78 is 0. The molecule has 0 aromatic heterocycles. The van der Waals surface area contributed by atoms with E-state index in [1.807, 2.05) is 0 Å². The second-order valence-electron chi connectivity index (χ2n) is 6.34. The molecule has 2 aliphatic rings. The highest BCUT2D eigenvalue weighted by Crippen LogP contribution is 2.38. The van der Waals surface area contributed by atoms with Crippen LogP contribution in [0.1, 0.15) is 49.8 Å². The average Bonchev–Trinajstić information content (AvgIpc) is 2.69. The molecule has 1 aliphatic heterocycles. The van der Waals surface area contributed by atoms with E-state index in [0.29, 0.717) is 18.0 Å². The standard InChI is InChI=1S/C17H26N2/c1-13-10-14(11-18)12-19(13)17-9-5-3-7-15-6-2-4-8-16(15)17/h2,4,6,8,13-14,17H,3,5,7,9-12,18H2,1H3. The minimum absolute atomic E-state index is 0.630. The summed E-state index contributed by atoms with van der Waals surface area (Å²) in [6.07, 6.45) is 6.55. The fourth-order valence-corrected chi connectivity index (χ4v) is 4.02. The van der Waals surface area contributed by atoms with Crippen molar-refractivity contribution in [3.05, 3.63) is 35.4 Å². The van der Waals surface area contributed by atoms with E-state index in [1.165, 1.54) is 38.6 Å². The lowest BCUT2D eigenvalue weighted by molar-refractivity contribution is 0.177. The molecule has 1 heterocycles. The number of nitrogens with two attached hydrogens (primary N) is 1. The summed E-state index contributed by atoms with van der Waals surface area (Å²) in [6.45, 7) is 4.41. The lowest BCUT2D eigenvalue weighted by Crippen LogP contribution is -2.32. The van der Waals surface area contributed by atoms with Crippen molar-refractivity contribution in [2.24, 2.45) is 11.7 Å². The third-order valence-electron chi connectivity index (χ3n) is 5.03. The Kier molecular flexibility index (Phi) is 3.90. The second-order valence-corrected chi connectivity index (χ2v) is 6.34. The Morgan fingerprint density at radius 3 is 2.89 bits per heavy atom. The second kappa shape index (κ2) is 5.64. The SMILES string of the molecule is CC1CC(CN)CN1C1CCCCc2ccccc21. The smallest absolute Gasteiger partial charge is 0.0353 e. The zero-order valence-corrected chi connectivity index (χ0v) is 12.0. The summed E-state index contributed by atoms with van der Waals surface area (Å²) in [5, 5.41) is 0. The van der Waals surface area contributed by atoms with Gasteiger partial charge in [-0.15, -0.1) is 0 Å². The summed E-state index contributed by atoms with van der Waals surface area (Å²) in [5.74, 6) is 0.699. The number of likely N-dealkylation sites (tertiary alicyclic amines) is 1. The fraction of sp³-hybridized carbons (Fsp3) is 0.647. The first-order chi connectivity index (χ1) is 9.29. The number of rotatable bonds is 2. The van der Waals surface area contributed by atoms with Crippen molar-refractivity contribution in [2.75, 3.05) is 13.1 Å². The van der Waals surface area contributed by atoms with Gasteiger partial charge in [-0.2, -0.15) is 0 Å². The minimum atomic E-state index is 0.630. The number of hydrogen-bond acceptors (Lipinski definition) is 2. The number of hydrogen-bond donors (Lipinski definition) is 1. The molecule has 0 bridgehead atoms. The van der Waals surface area contributed by atoms with Crippen LogP contribution in [0.2, 0.25) is 0 Å². The van der Waals surface area contributed by atoms with Gasteiger partial charge in [0.15, 0.2) is 0 Å². The first kappa shape index (κ1) is 13.1. The van der Waals surface area contributed by atoms with Crippen LogP contribution in [0.5, 0.6) is 0 Å². The largest absolute Gasteiger partial charge is 0.330 e. The van der Waals surface area contributed by atoms with Crippen molar-refractivity contribution in [2.45, 2.75) is 51.1 Å². The molecule has 1 aromatic carbocycles. The maximum atomic E-state index is 5.89. The quantitative estimate of drug-likeness (QED) is 0.826. The number of benzene rings is 1. The zero-order valence-electron chi connectivity index (χ0n) is 12.0. The van der Waals surface area contributed by atoms with Crippen molar-refractivity contribution in [3.8, 4) is 0 Å². The van der Waals surface area contributed by atoms with Crippen molar-refractivity contribution in [1.82, 2.24) is 4.90 Å². The molecule has 1 aliphatic carbocycles. The molecule has 1 fully saturated rings. The van der Waals surface area contributed by atoms with Gasteiger partial charge in [0.25, 0.3) is 0 Å². The predicted molar refractivity (Wildman–Crippen MR) is 80.1 cm³/mol. The molecular weight excluding hydrogens is 232 g/mol. The molecule has 19 heavy (non-hydrogen) atoms. The summed E-state index contributed by atoms with van der Waals surface area (Å²) in [4.78, 5) is 2.72. The Balaban J connectivity index is 1.88. The Hall–Kier alpha value is -0.860. The number of aryl methyl sites for hydroxylation is 1. The topological polar surface area (TPSA) is 29.3 Å². The van der Waals surface area contributed by atoms with Crippen LogP contribution < -0.4 is 5.73 Å². The molecule has 0 spiro atoms. The predicted octanol–water partition coefficient (Wildman–Crippen LogP) is 3.12. The van der Waals surface area contributed by atoms with Gasteiger partial charge in [0.1, 0.15) is 0 Å². The summed E-state index contributed by atoms with van der Waals surface area (Å²) >= 11 is 0. The van der Waals surface area contributed by atoms with Gasteiger partial charge in [0, 0.05) is 18.6 Å². The third-order valence-corrected chi connectivity index (χ3v) is 5.03. The Labute approximate surface area is 117 Å². The molecule has 1 aromatic rings. The highest BCUT2D eigenvalue weighted by atomic mass is 15.2. The van der Waals surface area contributed by atoms with Gasteiger partial charge in [-0.3, -0.25) is 4.90 Å². The maximum Gasteiger partial charge on any atom is 0.0353 e. The molecule has 2 nitrogen and oxygen atoms in total. The lowest BCUT2D eigenvalue weighted by atomic mass is 9.97. The van der Waals surface area contributed by atoms with Crippen molar-refractivity contribution >= 4 is 0 Å². The fourth-order valence-electron chi connectivity index (χ4n) is 4.02. The third kappa shape index (κ3) is 2.56. The van der Waals surface area contributed by atoms with Gasteiger partial charge < -0.3 is 5.73 Å². The van der Waals surface area contributed by atoms with E-state index >= 15 is 0 Å². The first-order valence-electron chi connectivity index (χ1n) is 7.83. The van der Waals surface area contributed by atoms with Gasteiger partial charge in [-0.25, -0.2) is 0 Å². The van der Waals surface area contributed by atoms with E-state index in [0.717, 1.165) is 6.54 Å². The van der Waals surface area contributed by atoms with Gasteiger partial charge in [0.05, 0.1) is 0 Å². The van der Waals surface area contributed by atoms with Crippen LogP contribution in [0.3, 0.4) is 0 Å². The van der Waals surface area contributed by atoms with Crippen LogP contribution in [-0.4, -0.2) is 24.0 Å². The molecule has 2 N–H and O–H groups in total. The average molecular weight is 258 g/mol. The number of nitrogens with zero attached hydrogens (tertiary/aromatic N) is 1. The molecule has 0 amide bonds. The van der Waals surface area contributed by atoms with E-state index < -0.39 is 0 Å². The van der Waals surface area contributed by atoms with E-state index in [-0.39, 0.29) is 0 Å². The summed E-state index contributed by atoms with van der Waals surface area (Å²) in [7, 11) is 0. The Bertz CT molecular complexity index is 429. The molecule has 3 atom stereocenters. The maximum absolute atomic E-state index is 5.89. The van der Waals surface area contributed by atoms with E-state index in [9.17, 15) is 0 Å². The molecule has 2 heteroatoms. The van der Waals surface area contributed by atoms with Crippen LogP contribution in [0, 0.1) is 5.92 Å². The highest BCUT2D eigenvalue weighted by molar-refractivity contribution is 5.31. The molecular formula is C17H26N2.